The Morgan fingerprint density at radius 1 is 0.970 bits per heavy atom. The lowest BCUT2D eigenvalue weighted by Crippen LogP contribution is -2.57. The van der Waals surface area contributed by atoms with Crippen molar-refractivity contribution in [3.05, 3.63) is 60.2 Å². The molecule has 7 heteroatoms. The van der Waals surface area contributed by atoms with Crippen molar-refractivity contribution >= 4 is 17.6 Å². The zero-order valence-electron chi connectivity index (χ0n) is 18.3. The monoisotopic (exact) mass is 455 g/mol. The van der Waals surface area contributed by atoms with Crippen molar-refractivity contribution in [3.8, 4) is 5.75 Å². The van der Waals surface area contributed by atoms with Crippen LogP contribution in [-0.2, 0) is 19.7 Å². The predicted octanol–water partition coefficient (Wildman–Crippen LogP) is 5.31. The lowest BCUT2D eigenvalue weighted by Gasteiger charge is -2.61. The average molecular weight is 456 g/mol. The molecule has 6 rings (SSSR count). The first-order valence-corrected chi connectivity index (χ1v) is 11.4. The van der Waals surface area contributed by atoms with E-state index in [0.29, 0.717) is 17.5 Å². The Labute approximate surface area is 191 Å². The van der Waals surface area contributed by atoms with Gasteiger partial charge < -0.3 is 14.8 Å². The Morgan fingerprint density at radius 3 is 2.27 bits per heavy atom. The molecule has 2 unspecified atom stereocenters. The number of carbonyl (C=O) groups excluding carboxylic acids is 2. The van der Waals surface area contributed by atoms with Crippen LogP contribution < -0.4 is 10.1 Å². The Kier molecular flexibility index (Phi) is 5.59. The number of ether oxygens (including phenoxy) is 2. The smallest absolute Gasteiger partial charge is 0.387 e. The van der Waals surface area contributed by atoms with E-state index < -0.39 is 17.9 Å². The largest absolute Gasteiger partial charge is 0.455 e. The second kappa shape index (κ2) is 8.43. The van der Waals surface area contributed by atoms with Gasteiger partial charge in [0.05, 0.1) is 5.41 Å². The molecule has 1 amide bonds. The number of benzene rings is 2. The van der Waals surface area contributed by atoms with E-state index in [0.717, 1.165) is 32.1 Å². The van der Waals surface area contributed by atoms with Gasteiger partial charge in [-0.15, -0.1) is 0 Å². The third-order valence-corrected chi connectivity index (χ3v) is 7.58. The second-order valence-electron chi connectivity index (χ2n) is 9.91. The first-order valence-electron chi connectivity index (χ1n) is 11.4. The van der Waals surface area contributed by atoms with Crippen molar-refractivity contribution in [2.75, 3.05) is 11.9 Å². The van der Waals surface area contributed by atoms with Crippen LogP contribution >= 0.6 is 0 Å². The predicted molar refractivity (Wildman–Crippen MR) is 118 cm³/mol. The van der Waals surface area contributed by atoms with Gasteiger partial charge in [-0.3, -0.25) is 9.59 Å². The van der Waals surface area contributed by atoms with Crippen LogP contribution in [0.5, 0.6) is 5.75 Å². The Bertz CT molecular complexity index is 1010. The van der Waals surface area contributed by atoms with E-state index in [-0.39, 0.29) is 23.7 Å². The number of alkyl halides is 2. The number of anilines is 1. The highest BCUT2D eigenvalue weighted by atomic mass is 19.3. The fraction of sp³-hybridized carbons (Fsp3) is 0.462. The number of esters is 1. The van der Waals surface area contributed by atoms with E-state index in [9.17, 15) is 18.4 Å². The molecule has 0 heterocycles. The molecule has 0 radical (unpaired) electrons. The van der Waals surface area contributed by atoms with Crippen LogP contribution in [0.4, 0.5) is 14.5 Å². The zero-order chi connectivity index (χ0) is 23.1. The summed E-state index contributed by atoms with van der Waals surface area (Å²) in [5.74, 6) is 0.299. The van der Waals surface area contributed by atoms with Crippen molar-refractivity contribution in [2.24, 2.45) is 17.3 Å². The summed E-state index contributed by atoms with van der Waals surface area (Å²) in [7, 11) is 0. The fourth-order valence-corrected chi connectivity index (χ4v) is 6.83. The fourth-order valence-electron chi connectivity index (χ4n) is 6.83. The molecule has 4 fully saturated rings. The summed E-state index contributed by atoms with van der Waals surface area (Å²) in [6.45, 7) is -3.28. The summed E-state index contributed by atoms with van der Waals surface area (Å²) in [6, 6.07) is 16.1. The molecule has 4 aliphatic carbocycles. The number of halogens is 2. The lowest BCUT2D eigenvalue weighted by atomic mass is 9.43. The highest BCUT2D eigenvalue weighted by Gasteiger charge is 2.61. The van der Waals surface area contributed by atoms with Crippen LogP contribution in [0.25, 0.3) is 0 Å². The van der Waals surface area contributed by atoms with E-state index in [1.165, 1.54) is 36.2 Å². The van der Waals surface area contributed by atoms with E-state index in [1.807, 2.05) is 6.07 Å². The molecule has 4 aliphatic rings. The van der Waals surface area contributed by atoms with Gasteiger partial charge in [0.25, 0.3) is 5.91 Å². The standard InChI is InChI=1S/C26H27F2NO4/c27-24(28)33-21-8-6-20(7-9-21)29-22(30)15-32-23(31)26-13-17-10-18(14-26)12-25(11-17,16-26)19-4-2-1-3-5-19/h1-9,17-18,24H,10-16H2,(H,29,30). The number of amides is 1. The minimum Gasteiger partial charge on any atom is -0.455 e. The minimum atomic E-state index is -2.91. The molecule has 0 saturated heterocycles. The van der Waals surface area contributed by atoms with E-state index in [1.54, 1.807) is 0 Å². The molecule has 0 aromatic heterocycles. The van der Waals surface area contributed by atoms with Gasteiger partial charge in [-0.05, 0) is 85.6 Å². The van der Waals surface area contributed by atoms with Crippen LogP contribution in [0, 0.1) is 17.3 Å². The van der Waals surface area contributed by atoms with Crippen molar-refractivity contribution in [1.82, 2.24) is 0 Å². The van der Waals surface area contributed by atoms with Crippen LogP contribution in [0.2, 0.25) is 0 Å². The highest BCUT2D eigenvalue weighted by molar-refractivity contribution is 5.93. The van der Waals surface area contributed by atoms with Crippen molar-refractivity contribution in [2.45, 2.75) is 50.6 Å². The molecule has 0 aliphatic heterocycles. The Morgan fingerprint density at radius 2 is 1.64 bits per heavy atom. The lowest BCUT2D eigenvalue weighted by molar-refractivity contribution is -0.175. The van der Waals surface area contributed by atoms with Gasteiger partial charge in [-0.2, -0.15) is 8.78 Å². The first kappa shape index (κ1) is 21.9. The van der Waals surface area contributed by atoms with Crippen molar-refractivity contribution in [1.29, 1.82) is 0 Å². The average Bonchev–Trinajstić information content (AvgIpc) is 2.78. The quantitative estimate of drug-likeness (QED) is 0.575. The maximum Gasteiger partial charge on any atom is 0.387 e. The molecule has 174 valence electrons. The van der Waals surface area contributed by atoms with Crippen molar-refractivity contribution < 1.29 is 27.8 Å². The molecule has 1 N–H and O–H groups in total. The molecule has 0 spiro atoms. The van der Waals surface area contributed by atoms with Gasteiger partial charge in [-0.25, -0.2) is 0 Å². The van der Waals surface area contributed by atoms with Crippen LogP contribution in [0.15, 0.2) is 54.6 Å². The van der Waals surface area contributed by atoms with Gasteiger partial charge in [0.1, 0.15) is 5.75 Å². The van der Waals surface area contributed by atoms with Gasteiger partial charge in [0.15, 0.2) is 6.61 Å². The summed E-state index contributed by atoms with van der Waals surface area (Å²) in [6.07, 6.45) is 5.87. The van der Waals surface area contributed by atoms with Crippen LogP contribution in [0.1, 0.15) is 44.1 Å². The second-order valence-corrected chi connectivity index (χ2v) is 9.91. The molecular formula is C26H27F2NO4. The first-order chi connectivity index (χ1) is 15.9. The summed E-state index contributed by atoms with van der Waals surface area (Å²) in [5.41, 5.74) is 1.23. The Hall–Kier alpha value is -2.96. The third-order valence-electron chi connectivity index (χ3n) is 7.58. The van der Waals surface area contributed by atoms with Crippen LogP contribution in [0.3, 0.4) is 0 Å². The van der Waals surface area contributed by atoms with Gasteiger partial charge in [0, 0.05) is 5.69 Å². The van der Waals surface area contributed by atoms with Crippen LogP contribution in [-0.4, -0.2) is 25.1 Å². The highest BCUT2D eigenvalue weighted by Crippen LogP contribution is 2.66. The maximum absolute atomic E-state index is 13.3. The Balaban J connectivity index is 1.22. The van der Waals surface area contributed by atoms with Gasteiger partial charge >= 0.3 is 12.6 Å². The molecule has 2 aromatic rings. The maximum atomic E-state index is 13.3. The molecule has 4 bridgehead atoms. The number of rotatable bonds is 7. The normalized spacial score (nSPS) is 29.7. The van der Waals surface area contributed by atoms with E-state index >= 15 is 0 Å². The molecule has 4 saturated carbocycles. The molecule has 33 heavy (non-hydrogen) atoms. The van der Waals surface area contributed by atoms with Gasteiger partial charge in [-0.1, -0.05) is 30.3 Å². The molecular weight excluding hydrogens is 428 g/mol. The number of hydrogen-bond donors (Lipinski definition) is 1. The SMILES string of the molecule is O=C(COC(=O)C12CC3CC(C1)CC(c1ccccc1)(C3)C2)Nc1ccc(OC(F)F)cc1. The molecule has 5 nitrogen and oxygen atoms in total. The summed E-state index contributed by atoms with van der Waals surface area (Å²) >= 11 is 0. The summed E-state index contributed by atoms with van der Waals surface area (Å²) in [4.78, 5) is 25.6. The number of carbonyl (C=O) groups is 2. The summed E-state index contributed by atoms with van der Waals surface area (Å²) < 4.78 is 34.4. The van der Waals surface area contributed by atoms with Gasteiger partial charge in [0.2, 0.25) is 0 Å². The zero-order valence-corrected chi connectivity index (χ0v) is 18.3. The van der Waals surface area contributed by atoms with Crippen molar-refractivity contribution in [3.63, 3.8) is 0 Å². The number of hydrogen-bond acceptors (Lipinski definition) is 4. The molecule has 2 aromatic carbocycles. The number of nitrogens with one attached hydrogen (secondary N) is 1. The topological polar surface area (TPSA) is 64.6 Å². The van der Waals surface area contributed by atoms with E-state index in [4.69, 9.17) is 4.74 Å². The van der Waals surface area contributed by atoms with E-state index in [2.05, 4.69) is 34.3 Å². The third kappa shape index (κ3) is 4.33. The minimum absolute atomic E-state index is 0.00332. The molecule has 2 atom stereocenters. The summed E-state index contributed by atoms with van der Waals surface area (Å²) in [5, 5.41) is 2.63.